The molecule has 4 nitrogen and oxygen atoms in total. The van der Waals surface area contributed by atoms with Crippen molar-refractivity contribution in [1.29, 1.82) is 0 Å². The van der Waals surface area contributed by atoms with Crippen molar-refractivity contribution in [2.45, 2.75) is 26.3 Å². The Kier molecular flexibility index (Phi) is 8.27. The Hall–Kier alpha value is -1.17. The minimum absolute atomic E-state index is 0.0196. The van der Waals surface area contributed by atoms with Crippen molar-refractivity contribution in [1.82, 2.24) is 5.32 Å². The summed E-state index contributed by atoms with van der Waals surface area (Å²) in [4.78, 5) is 1.85. The molecule has 1 aromatic carbocycles. The number of aliphatic hydroxyl groups excluding tert-OH is 1. The Labute approximate surface area is 126 Å². The highest BCUT2D eigenvalue weighted by atomic mass is 19.1. The molecule has 2 N–H and O–H groups in total. The first-order valence-corrected chi connectivity index (χ1v) is 7.52. The van der Waals surface area contributed by atoms with Gasteiger partial charge in [0.1, 0.15) is 5.82 Å². The number of aliphatic hydroxyl groups is 1. The van der Waals surface area contributed by atoms with Gasteiger partial charge in [-0.1, -0.05) is 19.1 Å². The first-order chi connectivity index (χ1) is 10.2. The van der Waals surface area contributed by atoms with E-state index in [9.17, 15) is 9.50 Å². The molecule has 1 aromatic rings. The summed E-state index contributed by atoms with van der Waals surface area (Å²) in [6.07, 6.45) is 1.03. The predicted octanol–water partition coefficient (Wildman–Crippen LogP) is 2.33. The Morgan fingerprint density at radius 3 is 2.76 bits per heavy atom. The molecule has 0 saturated carbocycles. The summed E-state index contributed by atoms with van der Waals surface area (Å²) in [5.74, 6) is -0.262. The molecule has 0 aliphatic heterocycles. The van der Waals surface area contributed by atoms with Crippen LogP contribution in [0.25, 0.3) is 0 Å². The monoisotopic (exact) mass is 298 g/mol. The van der Waals surface area contributed by atoms with Gasteiger partial charge in [0.05, 0.1) is 18.9 Å². The normalized spacial score (nSPS) is 12.4. The molecular weight excluding hydrogens is 271 g/mol. The number of hydrogen-bond donors (Lipinski definition) is 2. The van der Waals surface area contributed by atoms with Crippen molar-refractivity contribution < 1.29 is 14.2 Å². The number of rotatable bonds is 10. The molecule has 0 saturated heterocycles. The number of benzene rings is 1. The van der Waals surface area contributed by atoms with Crippen LogP contribution in [0.3, 0.4) is 0 Å². The third-order valence-corrected chi connectivity index (χ3v) is 3.44. The largest absolute Gasteiger partial charge is 0.395 e. The molecule has 0 aliphatic rings. The SMILES string of the molecule is CCCNC(C)c1cccc(F)c1N(CCO)CCOC. The van der Waals surface area contributed by atoms with Crippen molar-refractivity contribution >= 4 is 5.69 Å². The van der Waals surface area contributed by atoms with Crippen molar-refractivity contribution in [3.8, 4) is 0 Å². The van der Waals surface area contributed by atoms with Gasteiger partial charge in [0.2, 0.25) is 0 Å². The fraction of sp³-hybridized carbons (Fsp3) is 0.625. The number of hydrogen-bond acceptors (Lipinski definition) is 4. The zero-order valence-electron chi connectivity index (χ0n) is 13.2. The van der Waals surface area contributed by atoms with Gasteiger partial charge in [0, 0.05) is 26.2 Å². The maximum atomic E-state index is 14.3. The van der Waals surface area contributed by atoms with Crippen molar-refractivity contribution in [3.63, 3.8) is 0 Å². The van der Waals surface area contributed by atoms with E-state index in [4.69, 9.17) is 4.74 Å². The van der Waals surface area contributed by atoms with Crippen LogP contribution in [-0.4, -0.2) is 45.1 Å². The number of nitrogens with zero attached hydrogens (tertiary/aromatic N) is 1. The fourth-order valence-electron chi connectivity index (χ4n) is 2.34. The topological polar surface area (TPSA) is 44.7 Å². The highest BCUT2D eigenvalue weighted by Gasteiger charge is 2.19. The summed E-state index contributed by atoms with van der Waals surface area (Å²) in [5, 5.41) is 12.6. The second kappa shape index (κ2) is 9.71. The Morgan fingerprint density at radius 1 is 1.38 bits per heavy atom. The molecule has 0 aliphatic carbocycles. The van der Waals surface area contributed by atoms with Crippen LogP contribution < -0.4 is 10.2 Å². The zero-order valence-corrected chi connectivity index (χ0v) is 13.2. The summed E-state index contributed by atoms with van der Waals surface area (Å²) in [6.45, 7) is 6.42. The molecule has 21 heavy (non-hydrogen) atoms. The van der Waals surface area contributed by atoms with Gasteiger partial charge in [-0.3, -0.25) is 0 Å². The van der Waals surface area contributed by atoms with Crippen molar-refractivity contribution in [2.24, 2.45) is 0 Å². The zero-order chi connectivity index (χ0) is 15.7. The molecule has 0 amide bonds. The van der Waals surface area contributed by atoms with Gasteiger partial charge in [0.25, 0.3) is 0 Å². The number of halogens is 1. The van der Waals surface area contributed by atoms with E-state index in [1.807, 2.05) is 17.9 Å². The van der Waals surface area contributed by atoms with E-state index >= 15 is 0 Å². The van der Waals surface area contributed by atoms with Crippen molar-refractivity contribution in [3.05, 3.63) is 29.6 Å². The molecule has 1 unspecified atom stereocenters. The lowest BCUT2D eigenvalue weighted by Crippen LogP contribution is -2.33. The first-order valence-electron chi connectivity index (χ1n) is 7.52. The maximum absolute atomic E-state index is 14.3. The molecule has 0 radical (unpaired) electrons. The average Bonchev–Trinajstić information content (AvgIpc) is 2.49. The van der Waals surface area contributed by atoms with Crippen LogP contribution in [0.5, 0.6) is 0 Å². The van der Waals surface area contributed by atoms with E-state index < -0.39 is 0 Å². The summed E-state index contributed by atoms with van der Waals surface area (Å²) in [6, 6.07) is 5.18. The molecule has 1 rings (SSSR count). The number of anilines is 1. The molecule has 0 bridgehead atoms. The lowest BCUT2D eigenvalue weighted by atomic mass is 10.0. The minimum Gasteiger partial charge on any atom is -0.395 e. The molecular formula is C16H27FN2O2. The summed E-state index contributed by atoms with van der Waals surface area (Å²) >= 11 is 0. The Bertz CT molecular complexity index is 415. The summed E-state index contributed by atoms with van der Waals surface area (Å²) in [5.41, 5.74) is 1.47. The third kappa shape index (κ3) is 5.26. The minimum atomic E-state index is -0.262. The predicted molar refractivity (Wildman–Crippen MR) is 84.3 cm³/mol. The molecule has 1 atom stereocenters. The van der Waals surface area contributed by atoms with Gasteiger partial charge in [-0.25, -0.2) is 4.39 Å². The van der Waals surface area contributed by atoms with Crippen LogP contribution in [0, 0.1) is 5.82 Å². The quantitative estimate of drug-likeness (QED) is 0.696. The summed E-state index contributed by atoms with van der Waals surface area (Å²) < 4.78 is 19.4. The van der Waals surface area contributed by atoms with Gasteiger partial charge in [-0.05, 0) is 31.5 Å². The molecule has 0 aromatic heterocycles. The van der Waals surface area contributed by atoms with Crippen molar-refractivity contribution in [2.75, 3.05) is 44.9 Å². The number of para-hydroxylation sites is 1. The molecule has 0 spiro atoms. The standard InChI is InChI=1S/C16H27FN2O2/c1-4-8-18-13(2)14-6-5-7-15(17)16(14)19(9-11-20)10-12-21-3/h5-7,13,18,20H,4,8-12H2,1-3H3. The number of ether oxygens (including phenoxy) is 1. The van der Waals surface area contributed by atoms with Crippen LogP contribution in [0.1, 0.15) is 31.9 Å². The van der Waals surface area contributed by atoms with E-state index in [2.05, 4.69) is 12.2 Å². The lowest BCUT2D eigenvalue weighted by Gasteiger charge is -2.29. The second-order valence-corrected chi connectivity index (χ2v) is 5.06. The smallest absolute Gasteiger partial charge is 0.146 e. The van der Waals surface area contributed by atoms with E-state index in [1.165, 1.54) is 6.07 Å². The fourth-order valence-corrected chi connectivity index (χ4v) is 2.34. The van der Waals surface area contributed by atoms with Gasteiger partial charge in [-0.2, -0.15) is 0 Å². The van der Waals surface area contributed by atoms with E-state index in [0.29, 0.717) is 25.4 Å². The average molecular weight is 298 g/mol. The third-order valence-electron chi connectivity index (χ3n) is 3.44. The Morgan fingerprint density at radius 2 is 2.14 bits per heavy atom. The molecule has 0 heterocycles. The van der Waals surface area contributed by atoms with Gasteiger partial charge < -0.3 is 20.1 Å². The van der Waals surface area contributed by atoms with Crippen LogP contribution >= 0.6 is 0 Å². The lowest BCUT2D eigenvalue weighted by molar-refractivity contribution is 0.202. The second-order valence-electron chi connectivity index (χ2n) is 5.06. The number of methoxy groups -OCH3 is 1. The molecule has 120 valence electrons. The molecule has 0 fully saturated rings. The first kappa shape index (κ1) is 17.9. The maximum Gasteiger partial charge on any atom is 0.146 e. The van der Waals surface area contributed by atoms with E-state index in [1.54, 1.807) is 13.2 Å². The van der Waals surface area contributed by atoms with Crippen LogP contribution in [0.15, 0.2) is 18.2 Å². The number of nitrogens with one attached hydrogen (secondary N) is 1. The van der Waals surface area contributed by atoms with Crippen LogP contribution in [0.4, 0.5) is 10.1 Å². The Balaban J connectivity index is 3.05. The molecule has 5 heteroatoms. The summed E-state index contributed by atoms with van der Waals surface area (Å²) in [7, 11) is 1.62. The van der Waals surface area contributed by atoms with Gasteiger partial charge >= 0.3 is 0 Å². The highest BCUT2D eigenvalue weighted by molar-refractivity contribution is 5.56. The van der Waals surface area contributed by atoms with Crippen LogP contribution in [-0.2, 0) is 4.74 Å². The van der Waals surface area contributed by atoms with Gasteiger partial charge in [-0.15, -0.1) is 0 Å². The van der Waals surface area contributed by atoms with E-state index in [0.717, 1.165) is 18.5 Å². The van der Waals surface area contributed by atoms with Crippen LogP contribution in [0.2, 0.25) is 0 Å². The highest BCUT2D eigenvalue weighted by Crippen LogP contribution is 2.29. The van der Waals surface area contributed by atoms with E-state index in [-0.39, 0.29) is 18.5 Å². The van der Waals surface area contributed by atoms with Gasteiger partial charge in [0.15, 0.2) is 0 Å².